The summed E-state index contributed by atoms with van der Waals surface area (Å²) in [5, 5.41) is 8.53. The molecule has 2 rings (SSSR count). The largest absolute Gasteiger partial charge is 0.481 e. The molecule has 0 spiro atoms. The molecule has 0 saturated heterocycles. The lowest BCUT2D eigenvalue weighted by Gasteiger charge is -2.01. The second-order valence-corrected chi connectivity index (χ2v) is 3.78. The number of nitrogens with zero attached hydrogens (tertiary/aromatic N) is 1. The highest BCUT2D eigenvalue weighted by Gasteiger charge is 2.05. The number of carboxylic acids is 1. The summed E-state index contributed by atoms with van der Waals surface area (Å²) >= 11 is 0. The quantitative estimate of drug-likeness (QED) is 0.833. The van der Waals surface area contributed by atoms with E-state index >= 15 is 0 Å². The Bertz CT molecular complexity index is 604. The Balaban J connectivity index is 2.25. The first kappa shape index (κ1) is 11.3. The van der Waals surface area contributed by atoms with E-state index in [1.54, 1.807) is 6.07 Å². The standard InChI is InChI=1S/C12H12N2O3/c15-11(16)7-3-6-10-12(17)14-9-5-2-1-4-8(9)13-10/h1-2,4-5H,3,6-7H2,(H,14,17)(H,15,16). The van der Waals surface area contributed by atoms with Crippen LogP contribution in [0.1, 0.15) is 18.5 Å². The summed E-state index contributed by atoms with van der Waals surface area (Å²) in [5.74, 6) is -0.859. The van der Waals surface area contributed by atoms with Gasteiger partial charge < -0.3 is 10.1 Å². The minimum absolute atomic E-state index is 0.0496. The van der Waals surface area contributed by atoms with Crippen LogP contribution in [0.4, 0.5) is 0 Å². The van der Waals surface area contributed by atoms with E-state index in [-0.39, 0.29) is 12.0 Å². The predicted molar refractivity (Wildman–Crippen MR) is 62.9 cm³/mol. The zero-order chi connectivity index (χ0) is 12.3. The molecule has 2 N–H and O–H groups in total. The molecular formula is C12H12N2O3. The zero-order valence-electron chi connectivity index (χ0n) is 9.14. The maximum absolute atomic E-state index is 11.6. The fourth-order valence-electron chi connectivity index (χ4n) is 1.64. The number of hydrogen-bond acceptors (Lipinski definition) is 3. The molecule has 17 heavy (non-hydrogen) atoms. The van der Waals surface area contributed by atoms with Crippen molar-refractivity contribution in [2.24, 2.45) is 0 Å². The first-order chi connectivity index (χ1) is 8.16. The summed E-state index contributed by atoms with van der Waals surface area (Å²) in [6.45, 7) is 0. The van der Waals surface area contributed by atoms with Gasteiger partial charge in [-0.2, -0.15) is 0 Å². The van der Waals surface area contributed by atoms with Gasteiger partial charge in [0.25, 0.3) is 5.56 Å². The fourth-order valence-corrected chi connectivity index (χ4v) is 1.64. The van der Waals surface area contributed by atoms with E-state index in [9.17, 15) is 9.59 Å². The number of aromatic amines is 1. The van der Waals surface area contributed by atoms with Crippen LogP contribution in [-0.2, 0) is 11.2 Å². The summed E-state index contributed by atoms with van der Waals surface area (Å²) in [5.41, 5.74) is 1.57. The van der Waals surface area contributed by atoms with E-state index in [1.807, 2.05) is 18.2 Å². The highest BCUT2D eigenvalue weighted by Crippen LogP contribution is 2.07. The fraction of sp³-hybridized carbons (Fsp3) is 0.250. The van der Waals surface area contributed by atoms with E-state index in [1.165, 1.54) is 0 Å². The van der Waals surface area contributed by atoms with E-state index in [0.29, 0.717) is 24.1 Å². The second-order valence-electron chi connectivity index (χ2n) is 3.78. The molecule has 0 aliphatic rings. The maximum Gasteiger partial charge on any atom is 0.303 e. The van der Waals surface area contributed by atoms with Crippen LogP contribution in [-0.4, -0.2) is 21.0 Å². The summed E-state index contributed by atoms with van der Waals surface area (Å²) in [6.07, 6.45) is 0.851. The van der Waals surface area contributed by atoms with Crippen molar-refractivity contribution in [2.75, 3.05) is 0 Å². The molecule has 1 aromatic carbocycles. The minimum Gasteiger partial charge on any atom is -0.481 e. The normalized spacial score (nSPS) is 10.6. The molecule has 2 aromatic rings. The maximum atomic E-state index is 11.6. The Hall–Kier alpha value is -2.17. The van der Waals surface area contributed by atoms with Gasteiger partial charge >= 0.3 is 5.97 Å². The Morgan fingerprint density at radius 3 is 2.88 bits per heavy atom. The van der Waals surface area contributed by atoms with Gasteiger partial charge in [0, 0.05) is 6.42 Å². The molecular weight excluding hydrogens is 220 g/mol. The lowest BCUT2D eigenvalue weighted by molar-refractivity contribution is -0.137. The molecule has 0 aliphatic heterocycles. The van der Waals surface area contributed by atoms with Crippen molar-refractivity contribution in [3.8, 4) is 0 Å². The Morgan fingerprint density at radius 1 is 1.35 bits per heavy atom. The van der Waals surface area contributed by atoms with Crippen LogP contribution in [0, 0.1) is 0 Å². The first-order valence-electron chi connectivity index (χ1n) is 5.36. The Kier molecular flexibility index (Phi) is 3.18. The van der Waals surface area contributed by atoms with Crippen LogP contribution in [0.3, 0.4) is 0 Å². The highest BCUT2D eigenvalue weighted by molar-refractivity contribution is 5.73. The van der Waals surface area contributed by atoms with Crippen LogP contribution in [0.15, 0.2) is 29.1 Å². The molecule has 5 nitrogen and oxygen atoms in total. The number of aromatic nitrogens is 2. The molecule has 0 saturated carbocycles. The molecule has 1 heterocycles. The van der Waals surface area contributed by atoms with Gasteiger partial charge in [-0.3, -0.25) is 9.59 Å². The van der Waals surface area contributed by atoms with E-state index < -0.39 is 5.97 Å². The van der Waals surface area contributed by atoms with Crippen LogP contribution in [0.5, 0.6) is 0 Å². The van der Waals surface area contributed by atoms with Crippen molar-refractivity contribution in [3.05, 3.63) is 40.3 Å². The first-order valence-corrected chi connectivity index (χ1v) is 5.36. The van der Waals surface area contributed by atoms with Crippen LogP contribution >= 0.6 is 0 Å². The van der Waals surface area contributed by atoms with E-state index in [0.717, 1.165) is 5.52 Å². The number of carbonyl (C=O) groups is 1. The number of fused-ring (bicyclic) bond motifs is 1. The smallest absolute Gasteiger partial charge is 0.303 e. The summed E-state index contributed by atoms with van der Waals surface area (Å²) < 4.78 is 0. The number of aliphatic carboxylic acids is 1. The van der Waals surface area contributed by atoms with Crippen molar-refractivity contribution in [2.45, 2.75) is 19.3 Å². The van der Waals surface area contributed by atoms with Gasteiger partial charge in [0.1, 0.15) is 5.69 Å². The number of H-pyrrole nitrogens is 1. The number of hydrogen-bond donors (Lipinski definition) is 2. The van der Waals surface area contributed by atoms with E-state index in [4.69, 9.17) is 5.11 Å². The molecule has 5 heteroatoms. The lowest BCUT2D eigenvalue weighted by Crippen LogP contribution is -2.15. The molecule has 0 atom stereocenters. The zero-order valence-corrected chi connectivity index (χ0v) is 9.14. The van der Waals surface area contributed by atoms with Crippen molar-refractivity contribution in [3.63, 3.8) is 0 Å². The van der Waals surface area contributed by atoms with Crippen LogP contribution in [0.2, 0.25) is 0 Å². The minimum atomic E-state index is -0.859. The molecule has 0 unspecified atom stereocenters. The number of aryl methyl sites for hydroxylation is 1. The molecule has 88 valence electrons. The number of carboxylic acid groups (broad SMARTS) is 1. The Morgan fingerprint density at radius 2 is 2.12 bits per heavy atom. The van der Waals surface area contributed by atoms with Crippen molar-refractivity contribution in [1.82, 2.24) is 9.97 Å². The van der Waals surface area contributed by atoms with Crippen LogP contribution < -0.4 is 5.56 Å². The number of rotatable bonds is 4. The summed E-state index contributed by atoms with van der Waals surface area (Å²) in [6, 6.07) is 7.26. The third-order valence-corrected chi connectivity index (χ3v) is 2.47. The van der Waals surface area contributed by atoms with E-state index in [2.05, 4.69) is 9.97 Å². The molecule has 0 bridgehead atoms. The van der Waals surface area contributed by atoms with Gasteiger partial charge in [-0.1, -0.05) is 12.1 Å². The van der Waals surface area contributed by atoms with Gasteiger partial charge in [0.15, 0.2) is 0 Å². The third kappa shape index (κ3) is 2.69. The molecule has 0 fully saturated rings. The molecule has 0 amide bonds. The lowest BCUT2D eigenvalue weighted by atomic mass is 10.2. The average molecular weight is 232 g/mol. The topological polar surface area (TPSA) is 83.0 Å². The monoisotopic (exact) mass is 232 g/mol. The molecule has 0 aliphatic carbocycles. The van der Waals surface area contributed by atoms with Crippen molar-refractivity contribution >= 4 is 17.0 Å². The predicted octanol–water partition coefficient (Wildman–Crippen LogP) is 1.33. The van der Waals surface area contributed by atoms with Crippen molar-refractivity contribution in [1.29, 1.82) is 0 Å². The second kappa shape index (κ2) is 4.78. The highest BCUT2D eigenvalue weighted by atomic mass is 16.4. The number of para-hydroxylation sites is 2. The molecule has 0 radical (unpaired) electrons. The average Bonchev–Trinajstić information content (AvgIpc) is 2.29. The SMILES string of the molecule is O=C(O)CCCc1nc2ccccc2[nH]c1=O. The Labute approximate surface area is 97.1 Å². The third-order valence-electron chi connectivity index (χ3n) is 2.47. The van der Waals surface area contributed by atoms with Gasteiger partial charge in [0.2, 0.25) is 0 Å². The number of nitrogens with one attached hydrogen (secondary N) is 1. The van der Waals surface area contributed by atoms with Crippen molar-refractivity contribution < 1.29 is 9.90 Å². The number of benzene rings is 1. The van der Waals surface area contributed by atoms with Gasteiger partial charge in [-0.25, -0.2) is 4.98 Å². The summed E-state index contributed by atoms with van der Waals surface area (Å²) in [7, 11) is 0. The molecule has 1 aromatic heterocycles. The van der Waals surface area contributed by atoms with Gasteiger partial charge in [-0.15, -0.1) is 0 Å². The van der Waals surface area contributed by atoms with Gasteiger partial charge in [0.05, 0.1) is 11.0 Å². The summed E-state index contributed by atoms with van der Waals surface area (Å²) in [4.78, 5) is 29.0. The van der Waals surface area contributed by atoms with Crippen LogP contribution in [0.25, 0.3) is 11.0 Å². The van der Waals surface area contributed by atoms with Gasteiger partial charge in [-0.05, 0) is 25.0 Å².